The Labute approximate surface area is 215 Å². The first-order chi connectivity index (χ1) is 16.5. The Hall–Kier alpha value is -2.20. The Bertz CT molecular complexity index is 1020. The molecule has 3 rings (SSSR count). The number of rotatable bonds is 1. The highest BCUT2D eigenvalue weighted by atomic mass is 35.5. The summed E-state index contributed by atoms with van der Waals surface area (Å²) in [6, 6.07) is 3.71. The second-order valence-electron chi connectivity index (χ2n) is 9.05. The van der Waals surface area contributed by atoms with Crippen LogP contribution in [0.25, 0.3) is 0 Å². The van der Waals surface area contributed by atoms with Gasteiger partial charge in [0.15, 0.2) is 0 Å². The molecule has 192 valence electrons. The number of fused-ring (bicyclic) bond motifs is 4. The van der Waals surface area contributed by atoms with Gasteiger partial charge in [0, 0.05) is 31.6 Å². The normalized spacial score (nSPS) is 31.1. The quantitative estimate of drug-likeness (QED) is 0.506. The van der Waals surface area contributed by atoms with Gasteiger partial charge < -0.3 is 24.6 Å². The summed E-state index contributed by atoms with van der Waals surface area (Å²) >= 11 is 7.73. The summed E-state index contributed by atoms with van der Waals surface area (Å²) in [5, 5.41) is 24.1. The molecule has 4 bridgehead atoms. The zero-order valence-corrected chi connectivity index (χ0v) is 22.0. The zero-order chi connectivity index (χ0) is 25.8. The molecule has 2 aliphatic heterocycles. The van der Waals surface area contributed by atoms with Crippen molar-refractivity contribution in [2.75, 3.05) is 19.1 Å². The molecule has 8 nitrogen and oxygen atoms in total. The van der Waals surface area contributed by atoms with Gasteiger partial charge in [-0.25, -0.2) is 4.79 Å². The number of halogens is 1. The molecule has 1 fully saturated rings. The molecular weight excluding hydrogens is 492 g/mol. The van der Waals surface area contributed by atoms with Gasteiger partial charge in [0.05, 0.1) is 12.8 Å². The van der Waals surface area contributed by atoms with Crippen LogP contribution in [0.1, 0.15) is 45.1 Å². The van der Waals surface area contributed by atoms with Gasteiger partial charge in [-0.2, -0.15) is 0 Å². The van der Waals surface area contributed by atoms with Crippen molar-refractivity contribution >= 4 is 41.1 Å². The van der Waals surface area contributed by atoms with Crippen molar-refractivity contribution in [3.8, 4) is 5.75 Å². The number of nitrogens with zero attached hydrogens (tertiary/aromatic N) is 1. The van der Waals surface area contributed by atoms with Crippen LogP contribution in [-0.2, 0) is 16.0 Å². The number of anilines is 1. The first-order valence-corrected chi connectivity index (χ1v) is 12.8. The molecule has 2 amide bonds. The van der Waals surface area contributed by atoms with Crippen molar-refractivity contribution in [1.82, 2.24) is 5.32 Å². The maximum atomic E-state index is 12.9. The van der Waals surface area contributed by atoms with E-state index in [1.165, 1.54) is 23.8 Å². The number of benzene rings is 1. The van der Waals surface area contributed by atoms with E-state index in [1.807, 2.05) is 38.1 Å². The van der Waals surface area contributed by atoms with Crippen LogP contribution < -0.4 is 15.0 Å². The molecule has 2 aliphatic rings. The Morgan fingerprint density at radius 2 is 2.09 bits per heavy atom. The van der Waals surface area contributed by atoms with Gasteiger partial charge in [-0.3, -0.25) is 10.1 Å². The van der Waals surface area contributed by atoms with Gasteiger partial charge in [0.25, 0.3) is 0 Å². The number of aliphatic hydroxyl groups is 2. The maximum absolute atomic E-state index is 12.9. The van der Waals surface area contributed by atoms with Crippen LogP contribution in [0.2, 0.25) is 5.02 Å². The average molecular weight is 525 g/mol. The summed E-state index contributed by atoms with van der Waals surface area (Å²) in [4.78, 5) is 26.5. The van der Waals surface area contributed by atoms with Gasteiger partial charge in [0.1, 0.15) is 28.0 Å². The van der Waals surface area contributed by atoms with Crippen LogP contribution >= 0.6 is 23.4 Å². The predicted molar refractivity (Wildman–Crippen MR) is 138 cm³/mol. The average Bonchev–Trinajstić information content (AvgIpc) is 2.79. The second kappa shape index (κ2) is 11.7. The molecule has 35 heavy (non-hydrogen) atoms. The number of carbonyl (C=O) groups is 2. The molecular formula is C25H33ClN2O6S. The number of ether oxygens (including phenoxy) is 2. The van der Waals surface area contributed by atoms with Crippen LogP contribution in [0.15, 0.2) is 35.9 Å². The van der Waals surface area contributed by atoms with Crippen LogP contribution in [0, 0.1) is 0 Å². The topological polar surface area (TPSA) is 108 Å². The Kier molecular flexibility index (Phi) is 9.15. The predicted octanol–water partition coefficient (Wildman–Crippen LogP) is 4.17. The van der Waals surface area contributed by atoms with Crippen molar-refractivity contribution in [2.45, 2.75) is 68.5 Å². The zero-order valence-electron chi connectivity index (χ0n) is 20.4. The van der Waals surface area contributed by atoms with E-state index in [0.717, 1.165) is 11.1 Å². The summed E-state index contributed by atoms with van der Waals surface area (Å²) in [5.41, 5.74) is 0.199. The number of amides is 2. The monoisotopic (exact) mass is 524 g/mol. The minimum atomic E-state index is -1.45. The van der Waals surface area contributed by atoms with Crippen LogP contribution in [0.3, 0.4) is 0 Å². The Morgan fingerprint density at radius 3 is 2.80 bits per heavy atom. The first-order valence-electron chi connectivity index (χ1n) is 11.5. The van der Waals surface area contributed by atoms with Gasteiger partial charge >= 0.3 is 6.09 Å². The smallest absolute Gasteiger partial charge is 0.409 e. The second-order valence-corrected chi connectivity index (χ2v) is 11.0. The van der Waals surface area contributed by atoms with E-state index in [9.17, 15) is 19.8 Å². The van der Waals surface area contributed by atoms with Crippen LogP contribution in [0.5, 0.6) is 5.75 Å². The SMILES string of the molecule is COc1cc2cc(c1Cl)N(C)C(=O)CC[C@H](O)S[C@H](C)C1C[C@](O)(C/C=C/C=C(\C)C2)NC(=O)O1. The number of nitrogens with one attached hydrogen (secondary N) is 1. The fourth-order valence-corrected chi connectivity index (χ4v) is 5.53. The largest absolute Gasteiger partial charge is 0.495 e. The van der Waals surface area contributed by atoms with Crippen LogP contribution in [0.4, 0.5) is 10.5 Å². The molecule has 1 aromatic rings. The van der Waals surface area contributed by atoms with Gasteiger partial charge in [-0.05, 0) is 44.4 Å². The summed E-state index contributed by atoms with van der Waals surface area (Å²) in [6.07, 6.45) is 5.57. The van der Waals surface area contributed by atoms with Crippen molar-refractivity contribution in [3.05, 3.63) is 46.5 Å². The molecule has 0 aromatic heterocycles. The minimum Gasteiger partial charge on any atom is -0.495 e. The van der Waals surface area contributed by atoms with E-state index in [4.69, 9.17) is 21.1 Å². The molecule has 1 unspecified atom stereocenters. The molecule has 0 aliphatic carbocycles. The Morgan fingerprint density at radius 1 is 1.34 bits per heavy atom. The highest BCUT2D eigenvalue weighted by Gasteiger charge is 2.41. The molecule has 0 saturated carbocycles. The highest BCUT2D eigenvalue weighted by molar-refractivity contribution is 8.00. The fraction of sp³-hybridized carbons (Fsp3) is 0.520. The van der Waals surface area contributed by atoms with Gasteiger partial charge in [-0.1, -0.05) is 35.4 Å². The summed E-state index contributed by atoms with van der Waals surface area (Å²) in [6.45, 7) is 3.80. The molecule has 0 spiro atoms. The number of thioether (sulfide) groups is 1. The van der Waals surface area contributed by atoms with Crippen molar-refractivity contribution in [3.63, 3.8) is 0 Å². The molecule has 1 aromatic carbocycles. The standard InChI is InChI=1S/C25H33ClN2O6S/c1-15-7-5-6-10-25(32)14-20(34-24(31)27-25)16(2)35-22(30)9-8-21(29)28(3)18-12-17(11-15)13-19(33-4)23(18)26/h5-7,12-13,16,20,22,30,32H,8-11,14H2,1-4H3,(H,27,31)/b6-5+,15-7+/t16-,20?,22-,25-/m1/s1. The van der Waals surface area contributed by atoms with Crippen molar-refractivity contribution in [2.24, 2.45) is 0 Å². The van der Waals surface area contributed by atoms with E-state index in [0.29, 0.717) is 22.9 Å². The third kappa shape index (κ3) is 7.16. The van der Waals surface area contributed by atoms with E-state index in [2.05, 4.69) is 5.32 Å². The lowest BCUT2D eigenvalue weighted by Crippen LogP contribution is -2.57. The highest BCUT2D eigenvalue weighted by Crippen LogP contribution is 2.37. The van der Waals surface area contributed by atoms with E-state index < -0.39 is 23.4 Å². The molecule has 0 radical (unpaired) electrons. The number of allylic oxidation sites excluding steroid dienone is 3. The molecule has 10 heteroatoms. The van der Waals surface area contributed by atoms with Crippen molar-refractivity contribution in [1.29, 1.82) is 0 Å². The molecule has 1 saturated heterocycles. The number of aliphatic hydroxyl groups excluding tert-OH is 1. The lowest BCUT2D eigenvalue weighted by atomic mass is 9.98. The number of hydrogen-bond acceptors (Lipinski definition) is 7. The summed E-state index contributed by atoms with van der Waals surface area (Å²) in [5.74, 6) is 0.275. The Balaban J connectivity index is 1.93. The molecule has 4 atom stereocenters. The van der Waals surface area contributed by atoms with E-state index in [-0.39, 0.29) is 36.8 Å². The first kappa shape index (κ1) is 27.4. The number of methoxy groups -OCH3 is 1. The van der Waals surface area contributed by atoms with Crippen molar-refractivity contribution < 1.29 is 29.3 Å². The minimum absolute atomic E-state index is 0.0963. The number of carbonyl (C=O) groups excluding carboxylic acids is 2. The third-order valence-corrected chi connectivity index (χ3v) is 7.79. The fourth-order valence-electron chi connectivity index (χ4n) is 4.14. The summed E-state index contributed by atoms with van der Waals surface area (Å²) < 4.78 is 10.8. The lowest BCUT2D eigenvalue weighted by Gasteiger charge is -2.39. The third-order valence-electron chi connectivity index (χ3n) is 6.12. The number of alkyl carbamates (subject to hydrolysis) is 1. The maximum Gasteiger partial charge on any atom is 0.409 e. The van der Waals surface area contributed by atoms with E-state index >= 15 is 0 Å². The van der Waals surface area contributed by atoms with Gasteiger partial charge in [-0.15, -0.1) is 11.8 Å². The summed E-state index contributed by atoms with van der Waals surface area (Å²) in [7, 11) is 3.18. The van der Waals surface area contributed by atoms with Gasteiger partial charge in [0.2, 0.25) is 5.91 Å². The number of hydrogen-bond donors (Lipinski definition) is 3. The molecule has 3 N–H and O–H groups in total. The lowest BCUT2D eigenvalue weighted by molar-refractivity contribution is -0.118. The van der Waals surface area contributed by atoms with Crippen LogP contribution in [-0.4, -0.2) is 58.9 Å². The molecule has 2 heterocycles. The van der Waals surface area contributed by atoms with E-state index in [1.54, 1.807) is 13.1 Å².